The molecule has 4 heterocycles. The van der Waals surface area contributed by atoms with Crippen molar-refractivity contribution in [2.75, 3.05) is 18.0 Å². The SMILES string of the molecule is CC(C)c1ccccc1-c1ncc2[nH]c(=O)n(CC3CN(c4nccc(C(F)(F)F)n4)C3)c2n1. The van der Waals surface area contributed by atoms with Crippen LogP contribution in [0.3, 0.4) is 0 Å². The van der Waals surface area contributed by atoms with Crippen LogP contribution in [0.4, 0.5) is 19.1 Å². The van der Waals surface area contributed by atoms with Crippen molar-refractivity contribution in [1.82, 2.24) is 29.5 Å². The third-order valence-electron chi connectivity index (χ3n) is 5.95. The van der Waals surface area contributed by atoms with Crippen LogP contribution in [0.2, 0.25) is 0 Å². The van der Waals surface area contributed by atoms with Gasteiger partial charge in [-0.3, -0.25) is 4.57 Å². The molecule has 0 radical (unpaired) electrons. The average Bonchev–Trinajstić information content (AvgIpc) is 3.09. The standard InChI is InChI=1S/C23H22F3N7O/c1-13(2)15-5-3-4-6-16(15)19-28-9-17-20(31-19)33(22(34)29-17)12-14-10-32(11-14)21-27-8-7-18(30-21)23(24,25)26/h3-9,13-14H,10-12H2,1-2H3,(H,29,34). The van der Waals surface area contributed by atoms with E-state index in [-0.39, 0.29) is 23.5 Å². The van der Waals surface area contributed by atoms with Gasteiger partial charge in [0.1, 0.15) is 11.2 Å². The van der Waals surface area contributed by atoms with Gasteiger partial charge < -0.3 is 9.88 Å². The Bertz CT molecular complexity index is 1400. The van der Waals surface area contributed by atoms with Gasteiger partial charge in [0.05, 0.1) is 6.20 Å². The van der Waals surface area contributed by atoms with Crippen molar-refractivity contribution in [3.8, 4) is 11.4 Å². The van der Waals surface area contributed by atoms with Crippen molar-refractivity contribution < 1.29 is 13.2 Å². The fraction of sp³-hybridized carbons (Fsp3) is 0.348. The molecule has 8 nitrogen and oxygen atoms in total. The van der Waals surface area contributed by atoms with Gasteiger partial charge in [-0.2, -0.15) is 13.2 Å². The van der Waals surface area contributed by atoms with Gasteiger partial charge >= 0.3 is 11.9 Å². The third-order valence-corrected chi connectivity index (χ3v) is 5.95. The lowest BCUT2D eigenvalue weighted by Gasteiger charge is -2.39. The minimum absolute atomic E-state index is 0.0345. The molecule has 3 aromatic heterocycles. The first kappa shape index (κ1) is 22.1. The number of rotatable bonds is 5. The molecule has 11 heteroatoms. The highest BCUT2D eigenvalue weighted by Gasteiger charge is 2.35. The maximum absolute atomic E-state index is 12.9. The number of nitrogens with zero attached hydrogens (tertiary/aromatic N) is 6. The van der Waals surface area contributed by atoms with Gasteiger partial charge in [0.2, 0.25) is 5.95 Å². The number of anilines is 1. The van der Waals surface area contributed by atoms with E-state index in [2.05, 4.69) is 33.8 Å². The smallest absolute Gasteiger partial charge is 0.340 e. The average molecular weight is 469 g/mol. The molecule has 1 fully saturated rings. The maximum atomic E-state index is 12.9. The van der Waals surface area contributed by atoms with E-state index in [1.165, 1.54) is 0 Å². The summed E-state index contributed by atoms with van der Waals surface area (Å²) in [5.74, 6) is 0.892. The zero-order chi connectivity index (χ0) is 24.0. The van der Waals surface area contributed by atoms with Crippen LogP contribution in [0.1, 0.15) is 31.0 Å². The van der Waals surface area contributed by atoms with E-state index in [9.17, 15) is 18.0 Å². The molecule has 1 saturated heterocycles. The highest BCUT2D eigenvalue weighted by atomic mass is 19.4. The van der Waals surface area contributed by atoms with Crippen LogP contribution in [-0.2, 0) is 12.7 Å². The van der Waals surface area contributed by atoms with Crippen LogP contribution in [-0.4, -0.2) is 42.6 Å². The third kappa shape index (κ3) is 4.02. The summed E-state index contributed by atoms with van der Waals surface area (Å²) in [5.41, 5.74) is 1.79. The fourth-order valence-corrected chi connectivity index (χ4v) is 4.21. The number of hydrogen-bond donors (Lipinski definition) is 1. The summed E-state index contributed by atoms with van der Waals surface area (Å²) in [5, 5.41) is 0. The predicted molar refractivity (Wildman–Crippen MR) is 120 cm³/mol. The second-order valence-electron chi connectivity index (χ2n) is 8.72. The number of fused-ring (bicyclic) bond motifs is 1. The van der Waals surface area contributed by atoms with E-state index in [0.717, 1.165) is 23.4 Å². The van der Waals surface area contributed by atoms with Crippen molar-refractivity contribution in [3.63, 3.8) is 0 Å². The van der Waals surface area contributed by atoms with E-state index in [4.69, 9.17) is 4.98 Å². The van der Waals surface area contributed by atoms with Gasteiger partial charge in [-0.1, -0.05) is 38.1 Å². The molecule has 4 aromatic rings. The van der Waals surface area contributed by atoms with Crippen LogP contribution in [0.15, 0.2) is 47.5 Å². The summed E-state index contributed by atoms with van der Waals surface area (Å²) >= 11 is 0. The number of aromatic amines is 1. The molecular weight excluding hydrogens is 447 g/mol. The summed E-state index contributed by atoms with van der Waals surface area (Å²) in [6, 6.07) is 8.75. The van der Waals surface area contributed by atoms with Crippen molar-refractivity contribution >= 4 is 17.1 Å². The van der Waals surface area contributed by atoms with E-state index >= 15 is 0 Å². The van der Waals surface area contributed by atoms with Crippen molar-refractivity contribution in [1.29, 1.82) is 0 Å². The summed E-state index contributed by atoms with van der Waals surface area (Å²) in [7, 11) is 0. The van der Waals surface area contributed by atoms with Gasteiger partial charge in [0.15, 0.2) is 11.5 Å². The number of aromatic nitrogens is 6. The lowest BCUT2D eigenvalue weighted by Crippen LogP contribution is -2.50. The summed E-state index contributed by atoms with van der Waals surface area (Å²) in [4.78, 5) is 33.8. The number of alkyl halides is 3. The van der Waals surface area contributed by atoms with Crippen LogP contribution in [0.25, 0.3) is 22.6 Å². The molecule has 0 bridgehead atoms. The Labute approximate surface area is 192 Å². The van der Waals surface area contributed by atoms with Gasteiger partial charge in [0.25, 0.3) is 0 Å². The first-order valence-corrected chi connectivity index (χ1v) is 10.9. The largest absolute Gasteiger partial charge is 0.433 e. The Balaban J connectivity index is 1.38. The van der Waals surface area contributed by atoms with Crippen LogP contribution < -0.4 is 10.6 Å². The zero-order valence-corrected chi connectivity index (χ0v) is 18.5. The molecule has 34 heavy (non-hydrogen) atoms. The molecule has 1 aliphatic rings. The Morgan fingerprint density at radius 1 is 1.12 bits per heavy atom. The molecule has 0 saturated carbocycles. The number of nitrogens with one attached hydrogen (secondary N) is 1. The lowest BCUT2D eigenvalue weighted by molar-refractivity contribution is -0.141. The molecule has 5 rings (SSSR count). The molecule has 1 N–H and O–H groups in total. The van der Waals surface area contributed by atoms with Crippen molar-refractivity contribution in [2.45, 2.75) is 32.5 Å². The van der Waals surface area contributed by atoms with E-state index in [1.54, 1.807) is 15.7 Å². The van der Waals surface area contributed by atoms with E-state index in [0.29, 0.717) is 36.6 Å². The molecular formula is C23H22F3N7O. The quantitative estimate of drug-likeness (QED) is 0.477. The summed E-state index contributed by atoms with van der Waals surface area (Å²) in [6.07, 6.45) is -1.81. The molecule has 0 amide bonds. The number of halogens is 3. The Morgan fingerprint density at radius 3 is 2.62 bits per heavy atom. The van der Waals surface area contributed by atoms with Crippen molar-refractivity contribution in [2.24, 2.45) is 5.92 Å². The Kier molecular flexibility index (Phi) is 5.34. The summed E-state index contributed by atoms with van der Waals surface area (Å²) < 4.78 is 40.4. The highest BCUT2D eigenvalue weighted by Crippen LogP contribution is 2.30. The van der Waals surface area contributed by atoms with Crippen molar-refractivity contribution in [3.05, 3.63) is 64.5 Å². The van der Waals surface area contributed by atoms with Gasteiger partial charge in [-0.05, 0) is 17.5 Å². The van der Waals surface area contributed by atoms with Gasteiger partial charge in [0, 0.05) is 37.3 Å². The van der Waals surface area contributed by atoms with Crippen LogP contribution in [0.5, 0.6) is 0 Å². The molecule has 1 aliphatic heterocycles. The molecule has 0 unspecified atom stereocenters. The van der Waals surface area contributed by atoms with E-state index in [1.807, 2.05) is 24.3 Å². The molecule has 0 atom stereocenters. The first-order valence-electron chi connectivity index (χ1n) is 10.9. The first-order chi connectivity index (χ1) is 16.2. The Hall–Kier alpha value is -3.76. The summed E-state index contributed by atoms with van der Waals surface area (Å²) in [6.45, 7) is 5.44. The monoisotopic (exact) mass is 469 g/mol. The van der Waals surface area contributed by atoms with E-state index < -0.39 is 11.9 Å². The highest BCUT2D eigenvalue weighted by molar-refractivity contribution is 5.73. The Morgan fingerprint density at radius 2 is 1.88 bits per heavy atom. The fourth-order valence-electron chi connectivity index (χ4n) is 4.21. The second kappa shape index (κ2) is 8.23. The maximum Gasteiger partial charge on any atom is 0.433 e. The van der Waals surface area contributed by atoms with Crippen LogP contribution in [0, 0.1) is 5.92 Å². The van der Waals surface area contributed by atoms with Crippen LogP contribution >= 0.6 is 0 Å². The molecule has 176 valence electrons. The number of hydrogen-bond acceptors (Lipinski definition) is 6. The number of H-pyrrole nitrogens is 1. The molecule has 1 aromatic carbocycles. The molecule has 0 aliphatic carbocycles. The second-order valence-corrected chi connectivity index (χ2v) is 8.72. The lowest BCUT2D eigenvalue weighted by atomic mass is 9.97. The topological polar surface area (TPSA) is 92.6 Å². The minimum Gasteiger partial charge on any atom is -0.340 e. The number of imidazole rings is 1. The minimum atomic E-state index is -4.52. The normalized spacial score (nSPS) is 14.7. The molecule has 0 spiro atoms. The predicted octanol–water partition coefficient (Wildman–Crippen LogP) is 3.86. The van der Waals surface area contributed by atoms with Gasteiger partial charge in [-0.25, -0.2) is 24.7 Å². The van der Waals surface area contributed by atoms with Gasteiger partial charge in [-0.15, -0.1) is 0 Å². The number of benzene rings is 1. The zero-order valence-electron chi connectivity index (χ0n) is 18.5.